The van der Waals surface area contributed by atoms with Gasteiger partial charge in [0.05, 0.1) is 31.3 Å². The molecule has 0 heterocycles. The van der Waals surface area contributed by atoms with Gasteiger partial charge in [0.15, 0.2) is 0 Å². The number of rotatable bonds is 29. The maximum Gasteiger partial charge on any atom is 0.222 e. The van der Waals surface area contributed by atoms with Crippen LogP contribution in [-0.2, 0) is 4.79 Å². The van der Waals surface area contributed by atoms with Gasteiger partial charge in [0.2, 0.25) is 5.91 Å². The minimum Gasteiger partial charge on any atom is -0.394 e. The molecule has 0 saturated heterocycles. The van der Waals surface area contributed by atoms with E-state index in [2.05, 4.69) is 43.5 Å². The second-order valence-corrected chi connectivity index (χ2v) is 11.4. The number of carbonyl (C=O) groups is 1. The summed E-state index contributed by atoms with van der Waals surface area (Å²) >= 11 is 0. The van der Waals surface area contributed by atoms with Crippen LogP contribution < -0.4 is 5.32 Å². The van der Waals surface area contributed by atoms with Gasteiger partial charge in [-0.25, -0.2) is 0 Å². The van der Waals surface area contributed by atoms with E-state index in [1.807, 2.05) is 6.08 Å². The third kappa shape index (κ3) is 26.8. The van der Waals surface area contributed by atoms with Gasteiger partial charge in [-0.3, -0.25) is 4.79 Å². The molecule has 0 aliphatic rings. The van der Waals surface area contributed by atoms with Crippen LogP contribution in [0.5, 0.6) is 0 Å². The standard InChI is InChI=1S/C35H65NO4/c1-3-5-7-9-11-13-14-15-16-17-18-19-20-21-23-25-27-29-34(39)33(31-37)36-35(40)30-32(38)28-26-24-22-12-10-8-6-4-2/h16-17,20-21,27,29,32-34,37-39H,3-15,18-19,22-26,28,30-31H2,1-2H3,(H,36,40)/b17-16+,21-20+,29-27+. The molecule has 3 unspecified atom stereocenters. The fourth-order valence-electron chi connectivity index (χ4n) is 4.78. The highest BCUT2D eigenvalue weighted by molar-refractivity contribution is 5.76. The molecule has 0 aliphatic carbocycles. The third-order valence-electron chi connectivity index (χ3n) is 7.41. The number of hydrogen-bond donors (Lipinski definition) is 4. The molecule has 0 bridgehead atoms. The Morgan fingerprint density at radius 3 is 1.60 bits per heavy atom. The van der Waals surface area contributed by atoms with E-state index in [0.29, 0.717) is 6.42 Å². The van der Waals surface area contributed by atoms with Gasteiger partial charge in [-0.05, 0) is 44.9 Å². The first-order chi connectivity index (χ1) is 19.5. The van der Waals surface area contributed by atoms with E-state index in [4.69, 9.17) is 0 Å². The first-order valence-electron chi connectivity index (χ1n) is 16.8. The van der Waals surface area contributed by atoms with Gasteiger partial charge in [0.1, 0.15) is 0 Å². The van der Waals surface area contributed by atoms with Crippen molar-refractivity contribution in [1.29, 1.82) is 0 Å². The Morgan fingerprint density at radius 2 is 1.07 bits per heavy atom. The molecule has 234 valence electrons. The van der Waals surface area contributed by atoms with E-state index in [1.165, 1.54) is 89.9 Å². The van der Waals surface area contributed by atoms with Crippen molar-refractivity contribution in [2.24, 2.45) is 0 Å². The van der Waals surface area contributed by atoms with Gasteiger partial charge >= 0.3 is 0 Å². The second kappa shape index (κ2) is 30.5. The lowest BCUT2D eigenvalue weighted by atomic mass is 10.0. The molecule has 4 N–H and O–H groups in total. The lowest BCUT2D eigenvalue weighted by Gasteiger charge is -2.21. The van der Waals surface area contributed by atoms with Crippen molar-refractivity contribution in [2.45, 2.75) is 173 Å². The van der Waals surface area contributed by atoms with Crippen LogP contribution >= 0.6 is 0 Å². The molecule has 40 heavy (non-hydrogen) atoms. The third-order valence-corrected chi connectivity index (χ3v) is 7.41. The molecular formula is C35H65NO4. The van der Waals surface area contributed by atoms with Crippen LogP contribution in [0.2, 0.25) is 0 Å². The molecule has 0 radical (unpaired) electrons. The molecule has 0 rings (SSSR count). The lowest BCUT2D eigenvalue weighted by molar-refractivity contribution is -0.124. The van der Waals surface area contributed by atoms with Crippen molar-refractivity contribution in [3.05, 3.63) is 36.5 Å². The van der Waals surface area contributed by atoms with Crippen molar-refractivity contribution >= 4 is 5.91 Å². The Balaban J connectivity index is 3.86. The van der Waals surface area contributed by atoms with Gasteiger partial charge in [-0.1, -0.05) is 140 Å². The van der Waals surface area contributed by atoms with Crippen LogP contribution in [0.15, 0.2) is 36.5 Å². The number of aliphatic hydroxyl groups excluding tert-OH is 3. The first kappa shape index (κ1) is 38.6. The quantitative estimate of drug-likeness (QED) is 0.0543. The van der Waals surface area contributed by atoms with E-state index in [9.17, 15) is 20.1 Å². The van der Waals surface area contributed by atoms with Crippen LogP contribution in [-0.4, -0.2) is 46.1 Å². The summed E-state index contributed by atoms with van der Waals surface area (Å²) in [6.07, 6.45) is 35.6. The number of amides is 1. The van der Waals surface area contributed by atoms with E-state index in [1.54, 1.807) is 6.08 Å². The summed E-state index contributed by atoms with van der Waals surface area (Å²) in [6, 6.07) is -0.762. The predicted molar refractivity (Wildman–Crippen MR) is 171 cm³/mol. The molecule has 0 aromatic rings. The average molecular weight is 564 g/mol. The zero-order chi connectivity index (χ0) is 29.5. The smallest absolute Gasteiger partial charge is 0.222 e. The Bertz CT molecular complexity index is 631. The maximum atomic E-state index is 12.3. The van der Waals surface area contributed by atoms with Gasteiger partial charge in [-0.15, -0.1) is 0 Å². The van der Waals surface area contributed by atoms with E-state index < -0.39 is 18.2 Å². The Labute approximate surface area is 247 Å². The zero-order valence-electron chi connectivity index (χ0n) is 26.2. The largest absolute Gasteiger partial charge is 0.394 e. The monoisotopic (exact) mass is 563 g/mol. The highest BCUT2D eigenvalue weighted by atomic mass is 16.3. The highest BCUT2D eigenvalue weighted by Crippen LogP contribution is 2.12. The van der Waals surface area contributed by atoms with Crippen LogP contribution in [0.25, 0.3) is 0 Å². The van der Waals surface area contributed by atoms with Crippen molar-refractivity contribution < 1.29 is 20.1 Å². The summed E-state index contributed by atoms with van der Waals surface area (Å²) in [7, 11) is 0. The molecule has 3 atom stereocenters. The molecule has 0 saturated carbocycles. The highest BCUT2D eigenvalue weighted by Gasteiger charge is 2.20. The number of aliphatic hydroxyl groups is 3. The second-order valence-electron chi connectivity index (χ2n) is 11.4. The van der Waals surface area contributed by atoms with Crippen molar-refractivity contribution in [3.63, 3.8) is 0 Å². The van der Waals surface area contributed by atoms with Gasteiger partial charge < -0.3 is 20.6 Å². The summed E-state index contributed by atoms with van der Waals surface area (Å²) in [5.74, 6) is -0.335. The van der Waals surface area contributed by atoms with Crippen LogP contribution in [0, 0.1) is 0 Å². The minimum atomic E-state index is -0.954. The van der Waals surface area contributed by atoms with Gasteiger partial charge in [-0.2, -0.15) is 0 Å². The molecule has 5 nitrogen and oxygen atoms in total. The fourth-order valence-corrected chi connectivity index (χ4v) is 4.78. The fraction of sp³-hybridized carbons (Fsp3) is 0.800. The molecule has 0 fully saturated rings. The Morgan fingerprint density at radius 1 is 0.625 bits per heavy atom. The zero-order valence-corrected chi connectivity index (χ0v) is 26.2. The number of hydrogen-bond acceptors (Lipinski definition) is 4. The summed E-state index contributed by atoms with van der Waals surface area (Å²) in [5.41, 5.74) is 0. The molecular weight excluding hydrogens is 498 g/mol. The predicted octanol–water partition coefficient (Wildman–Crippen LogP) is 8.48. The molecule has 0 aromatic carbocycles. The molecule has 5 heteroatoms. The van der Waals surface area contributed by atoms with Crippen LogP contribution in [0.3, 0.4) is 0 Å². The van der Waals surface area contributed by atoms with Gasteiger partial charge in [0, 0.05) is 0 Å². The first-order valence-corrected chi connectivity index (χ1v) is 16.8. The van der Waals surface area contributed by atoms with Crippen LogP contribution in [0.1, 0.15) is 155 Å². The number of unbranched alkanes of at least 4 members (excludes halogenated alkanes) is 16. The Hall–Kier alpha value is -1.43. The summed E-state index contributed by atoms with van der Waals surface area (Å²) in [6.45, 7) is 4.13. The topological polar surface area (TPSA) is 89.8 Å². The summed E-state index contributed by atoms with van der Waals surface area (Å²) in [4.78, 5) is 12.3. The summed E-state index contributed by atoms with van der Waals surface area (Å²) in [5, 5.41) is 32.8. The Kier molecular flexibility index (Phi) is 29.4. The van der Waals surface area contributed by atoms with Crippen LogP contribution in [0.4, 0.5) is 0 Å². The average Bonchev–Trinajstić information content (AvgIpc) is 2.94. The number of allylic oxidation sites excluding steroid dienone is 5. The lowest BCUT2D eigenvalue weighted by Crippen LogP contribution is -2.45. The summed E-state index contributed by atoms with van der Waals surface area (Å²) < 4.78 is 0. The van der Waals surface area contributed by atoms with E-state index >= 15 is 0 Å². The van der Waals surface area contributed by atoms with Gasteiger partial charge in [0.25, 0.3) is 0 Å². The number of carbonyl (C=O) groups excluding carboxylic acids is 1. The van der Waals surface area contributed by atoms with Crippen molar-refractivity contribution in [2.75, 3.05) is 6.61 Å². The minimum absolute atomic E-state index is 0.00252. The van der Waals surface area contributed by atoms with E-state index in [-0.39, 0.29) is 18.9 Å². The van der Waals surface area contributed by atoms with Crippen molar-refractivity contribution in [3.8, 4) is 0 Å². The molecule has 0 aliphatic heterocycles. The number of nitrogens with one attached hydrogen (secondary N) is 1. The normalized spacial score (nSPS) is 14.4. The van der Waals surface area contributed by atoms with E-state index in [0.717, 1.165) is 38.5 Å². The molecule has 1 amide bonds. The molecule has 0 spiro atoms. The SMILES string of the molecule is CCCCCCCCC/C=C/CC/C=C/CC/C=C/C(O)C(CO)NC(=O)CC(O)CCCCCCCCCC. The van der Waals surface area contributed by atoms with Crippen molar-refractivity contribution in [1.82, 2.24) is 5.32 Å². The maximum absolute atomic E-state index is 12.3. The molecule has 0 aromatic heterocycles.